The number of methoxy groups -OCH3 is 1. The summed E-state index contributed by atoms with van der Waals surface area (Å²) >= 11 is 0. The summed E-state index contributed by atoms with van der Waals surface area (Å²) in [5.74, 6) is -0.160. The maximum absolute atomic E-state index is 12.3. The number of aromatic nitrogens is 1. The summed E-state index contributed by atoms with van der Waals surface area (Å²) < 4.78 is 29.2. The second kappa shape index (κ2) is 3.93. The highest BCUT2D eigenvalue weighted by molar-refractivity contribution is 5.79. The lowest BCUT2D eigenvalue weighted by Gasteiger charge is -2.07. The number of pyridine rings is 1. The van der Waals surface area contributed by atoms with Gasteiger partial charge in [0.1, 0.15) is 5.69 Å². The minimum absolute atomic E-state index is 0.0767. The van der Waals surface area contributed by atoms with E-state index in [4.69, 9.17) is 0 Å². The van der Waals surface area contributed by atoms with E-state index < -0.39 is 12.1 Å². The van der Waals surface area contributed by atoms with Crippen LogP contribution in [0.3, 0.4) is 0 Å². The van der Waals surface area contributed by atoms with Gasteiger partial charge in [-0.05, 0) is 6.07 Å². The largest absolute Gasteiger partial charge is 0.494 e. The molecule has 0 saturated heterocycles. The lowest BCUT2D eigenvalue weighted by molar-refractivity contribution is 0.111. The van der Waals surface area contributed by atoms with E-state index in [9.17, 15) is 13.6 Å². The number of halogens is 2. The van der Waals surface area contributed by atoms with Gasteiger partial charge < -0.3 is 4.74 Å². The molecule has 0 bridgehead atoms. The molecule has 0 aliphatic heterocycles. The van der Waals surface area contributed by atoms with E-state index in [2.05, 4.69) is 9.72 Å². The van der Waals surface area contributed by atoms with E-state index in [0.29, 0.717) is 6.29 Å². The standard InChI is InChI=1S/C8H7F2NO2/c1-13-7-5(4-12)2-3-11-6(7)8(9)10/h2-4,8H,1H3. The Morgan fingerprint density at radius 1 is 1.62 bits per heavy atom. The highest BCUT2D eigenvalue weighted by Crippen LogP contribution is 2.28. The Morgan fingerprint density at radius 3 is 2.77 bits per heavy atom. The second-order valence-corrected chi connectivity index (χ2v) is 2.24. The molecule has 70 valence electrons. The van der Waals surface area contributed by atoms with Gasteiger partial charge in [0.2, 0.25) is 0 Å². The predicted molar refractivity (Wildman–Crippen MR) is 41.1 cm³/mol. The van der Waals surface area contributed by atoms with Crippen LogP contribution in [0.5, 0.6) is 5.75 Å². The van der Waals surface area contributed by atoms with Crippen molar-refractivity contribution in [1.82, 2.24) is 4.98 Å². The third-order valence-corrected chi connectivity index (χ3v) is 1.50. The number of nitrogens with zero attached hydrogens (tertiary/aromatic N) is 1. The molecule has 3 nitrogen and oxygen atoms in total. The number of hydrogen-bond donors (Lipinski definition) is 0. The molecule has 1 rings (SSSR count). The predicted octanol–water partition coefficient (Wildman–Crippen LogP) is 1.84. The molecule has 1 aromatic rings. The van der Waals surface area contributed by atoms with Crippen LogP contribution in [-0.2, 0) is 0 Å². The number of hydrogen-bond acceptors (Lipinski definition) is 3. The van der Waals surface area contributed by atoms with Gasteiger partial charge in [-0.1, -0.05) is 0 Å². The summed E-state index contributed by atoms with van der Waals surface area (Å²) in [6.45, 7) is 0. The molecule has 0 fully saturated rings. The number of carbonyl (C=O) groups is 1. The fraction of sp³-hybridized carbons (Fsp3) is 0.250. The minimum Gasteiger partial charge on any atom is -0.494 e. The number of aldehydes is 1. The van der Waals surface area contributed by atoms with Crippen LogP contribution in [0.25, 0.3) is 0 Å². The normalized spacial score (nSPS) is 10.2. The van der Waals surface area contributed by atoms with Crippen molar-refractivity contribution in [2.45, 2.75) is 6.43 Å². The van der Waals surface area contributed by atoms with Crippen molar-refractivity contribution in [3.05, 3.63) is 23.5 Å². The molecule has 0 saturated carbocycles. The Kier molecular flexibility index (Phi) is 2.89. The smallest absolute Gasteiger partial charge is 0.284 e. The van der Waals surface area contributed by atoms with Crippen molar-refractivity contribution < 1.29 is 18.3 Å². The minimum atomic E-state index is -2.74. The molecule has 1 aromatic heterocycles. The van der Waals surface area contributed by atoms with Crippen LogP contribution in [0.2, 0.25) is 0 Å². The van der Waals surface area contributed by atoms with Gasteiger partial charge in [-0.15, -0.1) is 0 Å². The van der Waals surface area contributed by atoms with Gasteiger partial charge in [0, 0.05) is 6.20 Å². The van der Waals surface area contributed by atoms with E-state index in [-0.39, 0.29) is 11.3 Å². The van der Waals surface area contributed by atoms with Crippen molar-refractivity contribution in [3.8, 4) is 5.75 Å². The van der Waals surface area contributed by atoms with Crippen molar-refractivity contribution >= 4 is 6.29 Å². The van der Waals surface area contributed by atoms with Crippen molar-refractivity contribution in [1.29, 1.82) is 0 Å². The molecule has 0 aliphatic carbocycles. The quantitative estimate of drug-likeness (QED) is 0.677. The maximum Gasteiger partial charge on any atom is 0.284 e. The molecule has 1 heterocycles. The number of carbonyl (C=O) groups excluding carboxylic acids is 1. The summed E-state index contributed by atoms with van der Waals surface area (Å²) in [5, 5.41) is 0. The van der Waals surface area contributed by atoms with Gasteiger partial charge in [-0.25, -0.2) is 8.78 Å². The molecule has 5 heteroatoms. The third-order valence-electron chi connectivity index (χ3n) is 1.50. The first-order valence-corrected chi connectivity index (χ1v) is 3.47. The van der Waals surface area contributed by atoms with E-state index in [1.54, 1.807) is 0 Å². The van der Waals surface area contributed by atoms with E-state index in [1.165, 1.54) is 13.2 Å². The van der Waals surface area contributed by atoms with Crippen LogP contribution < -0.4 is 4.74 Å². The van der Waals surface area contributed by atoms with Gasteiger partial charge in [-0.2, -0.15) is 0 Å². The Balaban J connectivity index is 3.26. The zero-order valence-corrected chi connectivity index (χ0v) is 6.83. The first-order valence-electron chi connectivity index (χ1n) is 3.47. The van der Waals surface area contributed by atoms with Gasteiger partial charge in [-0.3, -0.25) is 9.78 Å². The van der Waals surface area contributed by atoms with Gasteiger partial charge in [0.15, 0.2) is 12.0 Å². The van der Waals surface area contributed by atoms with Crippen LogP contribution in [0, 0.1) is 0 Å². The van der Waals surface area contributed by atoms with Crippen LogP contribution in [0.15, 0.2) is 12.3 Å². The maximum atomic E-state index is 12.3. The fourth-order valence-electron chi connectivity index (χ4n) is 0.951. The molecule has 0 amide bonds. The van der Waals surface area contributed by atoms with Crippen LogP contribution >= 0.6 is 0 Å². The fourth-order valence-corrected chi connectivity index (χ4v) is 0.951. The third kappa shape index (κ3) is 1.80. The van der Waals surface area contributed by atoms with E-state index in [1.807, 2.05) is 0 Å². The number of alkyl halides is 2. The molecule has 0 aromatic carbocycles. The Bertz CT molecular complexity index is 315. The monoisotopic (exact) mass is 187 g/mol. The Morgan fingerprint density at radius 2 is 2.31 bits per heavy atom. The first-order chi connectivity index (χ1) is 6.20. The average Bonchev–Trinajstić information content (AvgIpc) is 2.16. The molecule has 13 heavy (non-hydrogen) atoms. The second-order valence-electron chi connectivity index (χ2n) is 2.24. The summed E-state index contributed by atoms with van der Waals surface area (Å²) in [4.78, 5) is 13.8. The number of rotatable bonds is 3. The zero-order valence-electron chi connectivity index (χ0n) is 6.83. The summed E-state index contributed by atoms with van der Waals surface area (Å²) in [7, 11) is 1.22. The first kappa shape index (κ1) is 9.57. The number of ether oxygens (including phenoxy) is 1. The Labute approximate surface area is 73.4 Å². The topological polar surface area (TPSA) is 39.2 Å². The summed E-state index contributed by atoms with van der Waals surface area (Å²) in [6, 6.07) is 1.32. The molecule has 0 radical (unpaired) electrons. The molecule has 0 spiro atoms. The van der Waals surface area contributed by atoms with E-state index in [0.717, 1.165) is 6.20 Å². The van der Waals surface area contributed by atoms with E-state index >= 15 is 0 Å². The average molecular weight is 187 g/mol. The molecular formula is C8H7F2NO2. The summed E-state index contributed by atoms with van der Waals surface area (Å²) in [5.41, 5.74) is -0.431. The van der Waals surface area contributed by atoms with Gasteiger partial charge >= 0.3 is 0 Å². The van der Waals surface area contributed by atoms with Crippen LogP contribution in [0.1, 0.15) is 22.5 Å². The highest BCUT2D eigenvalue weighted by atomic mass is 19.3. The zero-order chi connectivity index (χ0) is 9.84. The Hall–Kier alpha value is -1.52. The molecule has 0 aliphatic rings. The molecule has 0 N–H and O–H groups in total. The highest BCUT2D eigenvalue weighted by Gasteiger charge is 2.17. The van der Waals surface area contributed by atoms with Crippen LogP contribution in [-0.4, -0.2) is 18.4 Å². The molecule has 0 unspecified atom stereocenters. The lowest BCUT2D eigenvalue weighted by Crippen LogP contribution is -1.99. The van der Waals surface area contributed by atoms with Crippen molar-refractivity contribution in [2.24, 2.45) is 0 Å². The lowest BCUT2D eigenvalue weighted by atomic mass is 10.2. The molecule has 0 atom stereocenters. The van der Waals surface area contributed by atoms with Crippen LogP contribution in [0.4, 0.5) is 8.78 Å². The summed E-state index contributed by atoms with van der Waals surface area (Å²) in [6.07, 6.45) is -1.14. The molecular weight excluding hydrogens is 180 g/mol. The van der Waals surface area contributed by atoms with Gasteiger partial charge in [0.25, 0.3) is 6.43 Å². The van der Waals surface area contributed by atoms with Gasteiger partial charge in [0.05, 0.1) is 12.7 Å². The van der Waals surface area contributed by atoms with Crippen molar-refractivity contribution in [2.75, 3.05) is 7.11 Å². The van der Waals surface area contributed by atoms with Crippen molar-refractivity contribution in [3.63, 3.8) is 0 Å². The SMILES string of the molecule is COc1c(C=O)ccnc1C(F)F.